The third-order valence-electron chi connectivity index (χ3n) is 5.05. The monoisotopic (exact) mass is 427 g/mol. The zero-order valence-electron chi connectivity index (χ0n) is 16.9. The Bertz CT molecular complexity index is 1020. The normalized spacial score (nSPS) is 14.7. The van der Waals surface area contributed by atoms with Crippen LogP contribution < -0.4 is 4.72 Å². The van der Waals surface area contributed by atoms with Gasteiger partial charge in [0, 0.05) is 37.1 Å². The zero-order valence-corrected chi connectivity index (χ0v) is 17.7. The molecule has 0 aromatic heterocycles. The number of nitrogens with zero attached hydrogens (tertiary/aromatic N) is 2. The van der Waals surface area contributed by atoms with E-state index in [0.29, 0.717) is 38.3 Å². The molecule has 2 aromatic rings. The first-order valence-corrected chi connectivity index (χ1v) is 11.3. The molecule has 0 unspecified atom stereocenters. The Hall–Kier alpha value is -2.89. The van der Waals surface area contributed by atoms with Gasteiger partial charge in [-0.2, -0.15) is 5.26 Å². The van der Waals surface area contributed by atoms with Gasteiger partial charge in [-0.15, -0.1) is 0 Å². The first-order chi connectivity index (χ1) is 14.4. The fraction of sp³-hybridized carbons (Fsp3) is 0.364. The summed E-state index contributed by atoms with van der Waals surface area (Å²) in [7, 11) is -3.84. The number of carbonyl (C=O) groups excluding carboxylic acids is 1. The molecule has 8 heteroatoms. The summed E-state index contributed by atoms with van der Waals surface area (Å²) in [5, 5.41) is 8.97. The van der Waals surface area contributed by atoms with E-state index in [1.807, 2.05) is 19.1 Å². The summed E-state index contributed by atoms with van der Waals surface area (Å²) < 4.78 is 33.5. The molecule has 0 spiro atoms. The minimum Gasteiger partial charge on any atom is -0.381 e. The van der Waals surface area contributed by atoms with Gasteiger partial charge in [0.15, 0.2) is 0 Å². The summed E-state index contributed by atoms with van der Waals surface area (Å²) in [4.78, 5) is 14.9. The number of nitriles is 1. The van der Waals surface area contributed by atoms with E-state index >= 15 is 0 Å². The van der Waals surface area contributed by atoms with Gasteiger partial charge in [-0.1, -0.05) is 23.8 Å². The molecule has 0 aliphatic carbocycles. The Labute approximate surface area is 177 Å². The molecule has 30 heavy (non-hydrogen) atoms. The van der Waals surface area contributed by atoms with Gasteiger partial charge in [-0.3, -0.25) is 9.52 Å². The number of benzene rings is 2. The van der Waals surface area contributed by atoms with E-state index < -0.39 is 10.0 Å². The molecule has 3 rings (SSSR count). The Morgan fingerprint density at radius 2 is 1.90 bits per heavy atom. The van der Waals surface area contributed by atoms with Gasteiger partial charge in [0.05, 0.1) is 17.4 Å². The fourth-order valence-corrected chi connectivity index (χ4v) is 4.52. The van der Waals surface area contributed by atoms with Crippen molar-refractivity contribution in [3.63, 3.8) is 0 Å². The number of ether oxygens (including phenoxy) is 1. The van der Waals surface area contributed by atoms with E-state index in [2.05, 4.69) is 10.8 Å². The quantitative estimate of drug-likeness (QED) is 0.731. The summed E-state index contributed by atoms with van der Waals surface area (Å²) in [6.07, 6.45) is 1.62. The summed E-state index contributed by atoms with van der Waals surface area (Å²) in [6.45, 7) is 3.36. The average molecular weight is 428 g/mol. The highest BCUT2D eigenvalue weighted by molar-refractivity contribution is 7.92. The number of aryl methyl sites for hydroxylation is 1. The minimum absolute atomic E-state index is 0.0149. The first-order valence-electron chi connectivity index (χ1n) is 9.86. The predicted octanol–water partition coefficient (Wildman–Crippen LogP) is 3.33. The summed E-state index contributed by atoms with van der Waals surface area (Å²) >= 11 is 0. The van der Waals surface area contributed by atoms with Gasteiger partial charge in [0.1, 0.15) is 0 Å². The molecule has 0 saturated carbocycles. The fourth-order valence-electron chi connectivity index (χ4n) is 3.41. The minimum atomic E-state index is -3.84. The van der Waals surface area contributed by atoms with Crippen LogP contribution in [0.2, 0.25) is 0 Å². The maximum Gasteiger partial charge on any atom is 0.261 e. The second-order valence-electron chi connectivity index (χ2n) is 7.25. The van der Waals surface area contributed by atoms with Crippen LogP contribution >= 0.6 is 0 Å². The van der Waals surface area contributed by atoms with Crippen LogP contribution in [0, 0.1) is 18.3 Å². The average Bonchev–Trinajstić information content (AvgIpc) is 2.76. The zero-order chi connectivity index (χ0) is 21.6. The lowest BCUT2D eigenvalue weighted by Gasteiger charge is -2.34. The Balaban J connectivity index is 1.83. The highest BCUT2D eigenvalue weighted by Gasteiger charge is 2.27. The van der Waals surface area contributed by atoms with Crippen molar-refractivity contribution in [2.45, 2.75) is 37.1 Å². The summed E-state index contributed by atoms with van der Waals surface area (Å²) in [6, 6.07) is 15.1. The summed E-state index contributed by atoms with van der Waals surface area (Å²) in [5.74, 6) is -0.274. The van der Waals surface area contributed by atoms with Crippen molar-refractivity contribution in [2.75, 3.05) is 24.5 Å². The van der Waals surface area contributed by atoms with E-state index in [1.165, 1.54) is 12.1 Å². The van der Waals surface area contributed by atoms with Crippen molar-refractivity contribution in [1.82, 2.24) is 4.90 Å². The Morgan fingerprint density at radius 1 is 1.20 bits per heavy atom. The Morgan fingerprint density at radius 3 is 2.57 bits per heavy atom. The van der Waals surface area contributed by atoms with Crippen molar-refractivity contribution < 1.29 is 17.9 Å². The number of anilines is 1. The first kappa shape index (κ1) is 21.8. The largest absolute Gasteiger partial charge is 0.381 e. The van der Waals surface area contributed by atoms with Gasteiger partial charge < -0.3 is 9.64 Å². The molecule has 1 aliphatic rings. The molecule has 158 valence electrons. The van der Waals surface area contributed by atoms with Gasteiger partial charge in [0.2, 0.25) is 0 Å². The van der Waals surface area contributed by atoms with E-state index in [0.717, 1.165) is 5.56 Å². The van der Waals surface area contributed by atoms with Gasteiger partial charge >= 0.3 is 0 Å². The van der Waals surface area contributed by atoms with E-state index in [4.69, 9.17) is 10.00 Å². The SMILES string of the molecule is Cc1ccc(NS(=O)(=O)c2cccc(C(=O)N(CCC#N)C3CCOCC3)c2)cc1. The molecule has 1 saturated heterocycles. The molecule has 0 radical (unpaired) electrons. The van der Waals surface area contributed by atoms with Crippen molar-refractivity contribution in [2.24, 2.45) is 0 Å². The van der Waals surface area contributed by atoms with E-state index in [-0.39, 0.29) is 28.8 Å². The molecule has 1 amide bonds. The number of carbonyl (C=O) groups is 1. The number of hydrogen-bond acceptors (Lipinski definition) is 5. The molecule has 1 N–H and O–H groups in total. The van der Waals surface area contributed by atoms with Crippen molar-refractivity contribution in [1.29, 1.82) is 5.26 Å². The molecule has 1 heterocycles. The van der Waals surface area contributed by atoms with E-state index in [9.17, 15) is 13.2 Å². The number of nitrogens with one attached hydrogen (secondary N) is 1. The molecule has 2 aromatic carbocycles. The van der Waals surface area contributed by atoms with Crippen LogP contribution in [0.1, 0.15) is 35.2 Å². The highest BCUT2D eigenvalue weighted by atomic mass is 32.2. The number of sulfonamides is 1. The molecular formula is C22H25N3O4S. The van der Waals surface area contributed by atoms with Gasteiger partial charge in [-0.05, 0) is 50.1 Å². The second-order valence-corrected chi connectivity index (χ2v) is 8.93. The van der Waals surface area contributed by atoms with Crippen molar-refractivity contribution >= 4 is 21.6 Å². The van der Waals surface area contributed by atoms with Crippen LogP contribution in [0.4, 0.5) is 5.69 Å². The molecule has 1 fully saturated rings. The van der Waals surface area contributed by atoms with Crippen LogP contribution in [-0.4, -0.2) is 45.0 Å². The molecule has 7 nitrogen and oxygen atoms in total. The van der Waals surface area contributed by atoms with Gasteiger partial charge in [-0.25, -0.2) is 8.42 Å². The van der Waals surface area contributed by atoms with Crippen LogP contribution in [-0.2, 0) is 14.8 Å². The smallest absolute Gasteiger partial charge is 0.261 e. The topological polar surface area (TPSA) is 99.5 Å². The predicted molar refractivity (Wildman–Crippen MR) is 114 cm³/mol. The van der Waals surface area contributed by atoms with Crippen LogP contribution in [0.3, 0.4) is 0 Å². The standard InChI is InChI=1S/C22H25N3O4S/c1-17-6-8-19(9-7-17)24-30(27,28)21-5-2-4-18(16-21)22(26)25(13-3-12-23)20-10-14-29-15-11-20/h2,4-9,16,20,24H,3,10-11,13-15H2,1H3. The third-order valence-corrected chi connectivity index (χ3v) is 6.43. The second kappa shape index (κ2) is 9.74. The van der Waals surface area contributed by atoms with Crippen LogP contribution in [0.15, 0.2) is 53.4 Å². The van der Waals surface area contributed by atoms with Crippen molar-refractivity contribution in [3.05, 3.63) is 59.7 Å². The van der Waals surface area contributed by atoms with Crippen LogP contribution in [0.5, 0.6) is 0 Å². The lowest BCUT2D eigenvalue weighted by Crippen LogP contribution is -2.44. The highest BCUT2D eigenvalue weighted by Crippen LogP contribution is 2.21. The molecule has 1 aliphatic heterocycles. The summed E-state index contributed by atoms with van der Waals surface area (Å²) in [5.41, 5.74) is 1.76. The lowest BCUT2D eigenvalue weighted by molar-refractivity contribution is 0.0296. The maximum absolute atomic E-state index is 13.2. The molecular weight excluding hydrogens is 402 g/mol. The number of hydrogen-bond donors (Lipinski definition) is 1. The maximum atomic E-state index is 13.2. The van der Waals surface area contributed by atoms with Crippen molar-refractivity contribution in [3.8, 4) is 6.07 Å². The number of amides is 1. The molecule has 0 atom stereocenters. The van der Waals surface area contributed by atoms with Gasteiger partial charge in [0.25, 0.3) is 15.9 Å². The molecule has 0 bridgehead atoms. The number of rotatable bonds is 7. The Kier molecular flexibility index (Phi) is 7.08. The van der Waals surface area contributed by atoms with E-state index in [1.54, 1.807) is 29.2 Å². The van der Waals surface area contributed by atoms with Crippen LogP contribution in [0.25, 0.3) is 0 Å². The lowest BCUT2D eigenvalue weighted by atomic mass is 10.0. The third kappa shape index (κ3) is 5.38.